The van der Waals surface area contributed by atoms with Gasteiger partial charge in [-0.3, -0.25) is 10.1 Å². The van der Waals surface area contributed by atoms with Gasteiger partial charge in [-0.2, -0.15) is 0 Å². The van der Waals surface area contributed by atoms with Gasteiger partial charge in [-0.15, -0.1) is 0 Å². The molecule has 0 saturated heterocycles. The van der Waals surface area contributed by atoms with Crippen LogP contribution in [-0.2, 0) is 0 Å². The van der Waals surface area contributed by atoms with Gasteiger partial charge in [-0.25, -0.2) is 9.97 Å². The number of halogens is 1. The summed E-state index contributed by atoms with van der Waals surface area (Å²) in [6, 6.07) is 7.02. The molecule has 8 heteroatoms. The summed E-state index contributed by atoms with van der Waals surface area (Å²) in [5.74, 6) is 0.279. The molecule has 0 aliphatic carbocycles. The molecule has 0 saturated carbocycles. The largest absolute Gasteiger partial charge is 0.357 e. The molecular weight excluding hydrogens is 300 g/mol. The van der Waals surface area contributed by atoms with Crippen LogP contribution in [0.3, 0.4) is 0 Å². The van der Waals surface area contributed by atoms with Crippen molar-refractivity contribution in [1.29, 1.82) is 0 Å². The zero-order valence-electron chi connectivity index (χ0n) is 10.8. The third-order valence-electron chi connectivity index (χ3n) is 2.40. The average Bonchev–Trinajstić information content (AvgIpc) is 2.40. The van der Waals surface area contributed by atoms with E-state index in [1.54, 1.807) is 43.3 Å². The maximum Gasteiger partial charge on any atom is 0.343 e. The second-order valence-corrected chi connectivity index (χ2v) is 5.56. The second-order valence-electron chi connectivity index (χ2n) is 4.06. The molecule has 1 aromatic heterocycles. The van der Waals surface area contributed by atoms with Crippen molar-refractivity contribution in [2.45, 2.75) is 9.92 Å². The Morgan fingerprint density at radius 3 is 2.45 bits per heavy atom. The van der Waals surface area contributed by atoms with E-state index in [2.05, 4.69) is 9.97 Å². The Morgan fingerprint density at radius 2 is 1.90 bits per heavy atom. The van der Waals surface area contributed by atoms with E-state index in [4.69, 9.17) is 11.6 Å². The molecule has 20 heavy (non-hydrogen) atoms. The van der Waals surface area contributed by atoms with Gasteiger partial charge in [0.25, 0.3) is 0 Å². The molecule has 0 radical (unpaired) electrons. The van der Waals surface area contributed by atoms with Crippen LogP contribution in [0.15, 0.2) is 40.5 Å². The first kappa shape index (κ1) is 14.5. The fourth-order valence-corrected chi connectivity index (χ4v) is 2.51. The molecule has 1 heterocycles. The molecule has 0 spiro atoms. The zero-order valence-corrected chi connectivity index (χ0v) is 12.4. The van der Waals surface area contributed by atoms with Gasteiger partial charge < -0.3 is 4.90 Å². The van der Waals surface area contributed by atoms with E-state index in [0.29, 0.717) is 10.0 Å². The molecule has 6 nitrogen and oxygen atoms in total. The highest BCUT2D eigenvalue weighted by molar-refractivity contribution is 7.99. The van der Waals surface area contributed by atoms with Crippen LogP contribution in [0, 0.1) is 10.1 Å². The van der Waals surface area contributed by atoms with Gasteiger partial charge in [0.05, 0.1) is 4.92 Å². The van der Waals surface area contributed by atoms with Gasteiger partial charge >= 0.3 is 5.69 Å². The van der Waals surface area contributed by atoms with E-state index >= 15 is 0 Å². The van der Waals surface area contributed by atoms with Crippen LogP contribution in [0.5, 0.6) is 0 Å². The molecule has 104 valence electrons. The summed E-state index contributed by atoms with van der Waals surface area (Å²) in [4.78, 5) is 21.2. The first-order chi connectivity index (χ1) is 9.49. The van der Waals surface area contributed by atoms with E-state index in [1.807, 2.05) is 0 Å². The Labute approximate surface area is 124 Å². The monoisotopic (exact) mass is 310 g/mol. The minimum atomic E-state index is -0.465. The Hall–Kier alpha value is -1.86. The van der Waals surface area contributed by atoms with Crippen molar-refractivity contribution in [1.82, 2.24) is 9.97 Å². The Morgan fingerprint density at radius 1 is 1.25 bits per heavy atom. The molecule has 2 aromatic rings. The van der Waals surface area contributed by atoms with Crippen molar-refractivity contribution in [2.24, 2.45) is 0 Å². The number of anilines is 1. The highest BCUT2D eigenvalue weighted by Crippen LogP contribution is 2.37. The lowest BCUT2D eigenvalue weighted by Crippen LogP contribution is -2.14. The number of hydrogen-bond donors (Lipinski definition) is 0. The quantitative estimate of drug-likeness (QED) is 0.490. The van der Waals surface area contributed by atoms with Crippen LogP contribution in [0.25, 0.3) is 0 Å². The third kappa shape index (κ3) is 3.17. The number of benzene rings is 1. The summed E-state index contributed by atoms with van der Waals surface area (Å²) in [7, 11) is 3.40. The number of nitro groups is 1. The summed E-state index contributed by atoms with van der Waals surface area (Å²) in [5, 5.41) is 12.2. The van der Waals surface area contributed by atoms with Gasteiger partial charge in [0.2, 0.25) is 5.82 Å². The van der Waals surface area contributed by atoms with E-state index in [0.717, 1.165) is 4.90 Å². The molecular formula is C12H11ClN4O2S. The highest BCUT2D eigenvalue weighted by atomic mass is 35.5. The molecule has 0 unspecified atom stereocenters. The fourth-order valence-electron chi connectivity index (χ4n) is 1.53. The van der Waals surface area contributed by atoms with Crippen molar-refractivity contribution in [3.05, 3.63) is 45.7 Å². The SMILES string of the molecule is CN(C)c1ncnc(Sc2ccc(Cl)cc2)c1[N+](=O)[O-]. The standard InChI is InChI=1S/C12H11ClN4O2S/c1-16(2)11-10(17(18)19)12(15-7-14-11)20-9-5-3-8(13)4-6-9/h3-7H,1-2H3. The van der Waals surface area contributed by atoms with Crippen LogP contribution in [0.4, 0.5) is 11.5 Å². The van der Waals surface area contributed by atoms with Crippen LogP contribution in [-0.4, -0.2) is 29.0 Å². The molecule has 0 atom stereocenters. The second kappa shape index (κ2) is 6.06. The summed E-state index contributed by atoms with van der Waals surface area (Å²) in [6.45, 7) is 0. The van der Waals surface area contributed by atoms with E-state index < -0.39 is 4.92 Å². The van der Waals surface area contributed by atoms with E-state index in [1.165, 1.54) is 18.1 Å². The van der Waals surface area contributed by atoms with Crippen molar-refractivity contribution in [3.8, 4) is 0 Å². The van der Waals surface area contributed by atoms with Gasteiger partial charge in [-0.1, -0.05) is 23.4 Å². The summed E-state index contributed by atoms with van der Waals surface area (Å²) in [6.07, 6.45) is 1.32. The molecule has 0 amide bonds. The number of aromatic nitrogens is 2. The summed E-state index contributed by atoms with van der Waals surface area (Å²) in [5.41, 5.74) is -0.0996. The maximum atomic E-state index is 11.3. The van der Waals surface area contributed by atoms with Crippen molar-refractivity contribution in [2.75, 3.05) is 19.0 Å². The molecule has 0 aliphatic rings. The Bertz CT molecular complexity index is 634. The lowest BCUT2D eigenvalue weighted by Gasteiger charge is -2.12. The third-order valence-corrected chi connectivity index (χ3v) is 3.66. The zero-order chi connectivity index (χ0) is 14.7. The predicted octanol–water partition coefficient (Wildman–Crippen LogP) is 3.26. The van der Waals surface area contributed by atoms with Crippen LogP contribution in [0.1, 0.15) is 0 Å². The summed E-state index contributed by atoms with van der Waals surface area (Å²) >= 11 is 7.02. The number of nitrogens with zero attached hydrogens (tertiary/aromatic N) is 4. The minimum absolute atomic E-state index is 0.0996. The lowest BCUT2D eigenvalue weighted by atomic mass is 10.4. The molecule has 0 bridgehead atoms. The number of rotatable bonds is 4. The molecule has 2 rings (SSSR count). The van der Waals surface area contributed by atoms with Crippen molar-refractivity contribution >= 4 is 34.9 Å². The topological polar surface area (TPSA) is 72.2 Å². The molecule has 0 aliphatic heterocycles. The number of hydrogen-bond acceptors (Lipinski definition) is 6. The van der Waals surface area contributed by atoms with Crippen LogP contribution < -0.4 is 4.90 Å². The average molecular weight is 311 g/mol. The molecule has 1 aromatic carbocycles. The highest BCUT2D eigenvalue weighted by Gasteiger charge is 2.24. The van der Waals surface area contributed by atoms with Gasteiger partial charge in [-0.05, 0) is 24.3 Å². The predicted molar refractivity (Wildman–Crippen MR) is 78.6 cm³/mol. The van der Waals surface area contributed by atoms with Crippen LogP contribution in [0.2, 0.25) is 5.02 Å². The minimum Gasteiger partial charge on any atom is -0.357 e. The first-order valence-electron chi connectivity index (χ1n) is 5.59. The smallest absolute Gasteiger partial charge is 0.343 e. The van der Waals surface area contributed by atoms with Crippen LogP contribution >= 0.6 is 23.4 Å². The first-order valence-corrected chi connectivity index (χ1v) is 6.78. The fraction of sp³-hybridized carbons (Fsp3) is 0.167. The maximum absolute atomic E-state index is 11.3. The van der Waals surface area contributed by atoms with E-state index in [-0.39, 0.29) is 11.5 Å². The Kier molecular flexibility index (Phi) is 4.41. The normalized spacial score (nSPS) is 10.3. The Balaban J connectivity index is 2.43. The molecule has 0 N–H and O–H groups in total. The van der Waals surface area contributed by atoms with Crippen molar-refractivity contribution in [3.63, 3.8) is 0 Å². The van der Waals surface area contributed by atoms with Gasteiger partial charge in [0.15, 0.2) is 5.03 Å². The van der Waals surface area contributed by atoms with Crippen molar-refractivity contribution < 1.29 is 4.92 Å². The van der Waals surface area contributed by atoms with E-state index in [9.17, 15) is 10.1 Å². The summed E-state index contributed by atoms with van der Waals surface area (Å²) < 4.78 is 0. The van der Waals surface area contributed by atoms with Gasteiger partial charge in [0.1, 0.15) is 6.33 Å². The lowest BCUT2D eigenvalue weighted by molar-refractivity contribution is -0.387. The van der Waals surface area contributed by atoms with Gasteiger partial charge in [0, 0.05) is 24.0 Å². The molecule has 0 fully saturated rings.